The summed E-state index contributed by atoms with van der Waals surface area (Å²) in [5.74, 6) is -0.858. The quantitative estimate of drug-likeness (QED) is 0.372. The number of hydrogen-bond acceptors (Lipinski definition) is 4. The summed E-state index contributed by atoms with van der Waals surface area (Å²) in [7, 11) is -3.88. The minimum atomic E-state index is -3.88. The molecule has 0 aliphatic heterocycles. The van der Waals surface area contributed by atoms with Crippen LogP contribution in [0.3, 0.4) is 0 Å². The maximum Gasteiger partial charge on any atom is 0.244 e. The Balaban J connectivity index is 2.03. The molecule has 0 saturated heterocycles. The average molecular weight is 563 g/mol. The van der Waals surface area contributed by atoms with E-state index in [2.05, 4.69) is 5.32 Å². The van der Waals surface area contributed by atoms with Gasteiger partial charge in [-0.15, -0.1) is 0 Å². The smallest absolute Gasteiger partial charge is 0.244 e. The SMILES string of the molecule is CCNC(=O)[C@H](Cc1ccccc1)N(Cc1ccccc1)C(=O)CN(c1ccc(Cl)c(Cl)c1)S(C)(=O)=O. The van der Waals surface area contributed by atoms with E-state index in [4.69, 9.17) is 23.2 Å². The number of anilines is 1. The number of carbonyl (C=O) groups is 2. The molecule has 0 aromatic heterocycles. The highest BCUT2D eigenvalue weighted by Crippen LogP contribution is 2.28. The topological polar surface area (TPSA) is 86.8 Å². The third kappa shape index (κ3) is 7.95. The van der Waals surface area contributed by atoms with Gasteiger partial charge in [0.05, 0.1) is 22.0 Å². The largest absolute Gasteiger partial charge is 0.355 e. The fourth-order valence-corrected chi connectivity index (χ4v) is 5.01. The van der Waals surface area contributed by atoms with E-state index in [1.807, 2.05) is 60.7 Å². The highest BCUT2D eigenvalue weighted by Gasteiger charge is 2.32. The van der Waals surface area contributed by atoms with E-state index in [1.165, 1.54) is 23.1 Å². The van der Waals surface area contributed by atoms with Crippen molar-refractivity contribution in [2.24, 2.45) is 0 Å². The molecule has 7 nitrogen and oxygen atoms in total. The minimum absolute atomic E-state index is 0.118. The van der Waals surface area contributed by atoms with E-state index >= 15 is 0 Å². The molecule has 0 bridgehead atoms. The number of carbonyl (C=O) groups excluding carboxylic acids is 2. The van der Waals surface area contributed by atoms with Crippen LogP contribution in [-0.4, -0.2) is 50.5 Å². The molecular formula is C27H29Cl2N3O4S. The van der Waals surface area contributed by atoms with Crippen molar-refractivity contribution in [1.29, 1.82) is 0 Å². The first-order valence-electron chi connectivity index (χ1n) is 11.7. The van der Waals surface area contributed by atoms with Crippen LogP contribution in [0.5, 0.6) is 0 Å². The second kappa shape index (κ2) is 12.9. The van der Waals surface area contributed by atoms with Crippen molar-refractivity contribution in [3.8, 4) is 0 Å². The molecule has 1 atom stereocenters. The molecule has 1 N–H and O–H groups in total. The van der Waals surface area contributed by atoms with E-state index in [-0.39, 0.29) is 34.6 Å². The molecule has 37 heavy (non-hydrogen) atoms. The average Bonchev–Trinajstić information content (AvgIpc) is 2.87. The van der Waals surface area contributed by atoms with Crippen molar-refractivity contribution in [1.82, 2.24) is 10.2 Å². The van der Waals surface area contributed by atoms with Crippen LogP contribution in [0.2, 0.25) is 10.0 Å². The number of nitrogens with one attached hydrogen (secondary N) is 1. The molecule has 0 saturated carbocycles. The van der Waals surface area contributed by atoms with E-state index < -0.39 is 28.5 Å². The predicted octanol–water partition coefficient (Wildman–Crippen LogP) is 4.54. The Morgan fingerprint density at radius 1 is 0.892 bits per heavy atom. The summed E-state index contributed by atoms with van der Waals surface area (Å²) >= 11 is 12.1. The van der Waals surface area contributed by atoms with Gasteiger partial charge in [-0.05, 0) is 36.2 Å². The number of benzene rings is 3. The van der Waals surface area contributed by atoms with Gasteiger partial charge in [0.2, 0.25) is 21.8 Å². The Hall–Kier alpha value is -3.07. The van der Waals surface area contributed by atoms with Crippen molar-refractivity contribution in [2.45, 2.75) is 25.9 Å². The molecule has 0 aliphatic rings. The van der Waals surface area contributed by atoms with Gasteiger partial charge in [-0.1, -0.05) is 83.9 Å². The summed E-state index contributed by atoms with van der Waals surface area (Å²) < 4.78 is 26.4. The van der Waals surface area contributed by atoms with E-state index in [9.17, 15) is 18.0 Å². The lowest BCUT2D eigenvalue weighted by molar-refractivity contribution is -0.140. The molecule has 0 spiro atoms. The van der Waals surface area contributed by atoms with E-state index in [1.54, 1.807) is 6.92 Å². The fourth-order valence-electron chi connectivity index (χ4n) is 3.88. The highest BCUT2D eigenvalue weighted by molar-refractivity contribution is 7.92. The Morgan fingerprint density at radius 3 is 2.03 bits per heavy atom. The van der Waals surface area contributed by atoms with Crippen molar-refractivity contribution in [2.75, 3.05) is 23.7 Å². The summed E-state index contributed by atoms with van der Waals surface area (Å²) in [4.78, 5) is 28.5. The van der Waals surface area contributed by atoms with E-state index in [0.717, 1.165) is 21.7 Å². The lowest BCUT2D eigenvalue weighted by Gasteiger charge is -2.33. The van der Waals surface area contributed by atoms with Crippen LogP contribution in [0.25, 0.3) is 0 Å². The summed E-state index contributed by atoms with van der Waals surface area (Å²) in [5, 5.41) is 3.24. The second-order valence-electron chi connectivity index (χ2n) is 8.48. The van der Waals surface area contributed by atoms with Gasteiger partial charge in [-0.2, -0.15) is 0 Å². The van der Waals surface area contributed by atoms with Crippen molar-refractivity contribution in [3.63, 3.8) is 0 Å². The van der Waals surface area contributed by atoms with Gasteiger partial charge in [0.15, 0.2) is 0 Å². The number of rotatable bonds is 11. The Kier molecular flexibility index (Phi) is 9.97. The Bertz CT molecular complexity index is 1320. The summed E-state index contributed by atoms with van der Waals surface area (Å²) in [5.41, 5.74) is 1.87. The van der Waals surface area contributed by atoms with Crippen LogP contribution in [0.15, 0.2) is 78.9 Å². The van der Waals surface area contributed by atoms with Gasteiger partial charge in [-0.25, -0.2) is 8.42 Å². The van der Waals surface area contributed by atoms with Gasteiger partial charge >= 0.3 is 0 Å². The van der Waals surface area contributed by atoms with Gasteiger partial charge in [0, 0.05) is 19.5 Å². The third-order valence-electron chi connectivity index (χ3n) is 5.69. The first-order valence-corrected chi connectivity index (χ1v) is 14.3. The van der Waals surface area contributed by atoms with Crippen LogP contribution < -0.4 is 9.62 Å². The first-order chi connectivity index (χ1) is 17.6. The molecule has 0 radical (unpaired) electrons. The zero-order chi connectivity index (χ0) is 27.0. The molecule has 3 aromatic rings. The summed E-state index contributed by atoms with van der Waals surface area (Å²) in [6.07, 6.45) is 1.27. The lowest BCUT2D eigenvalue weighted by Crippen LogP contribution is -2.53. The van der Waals surface area contributed by atoms with Crippen molar-refractivity contribution in [3.05, 3.63) is 100 Å². The maximum absolute atomic E-state index is 13.9. The number of hydrogen-bond donors (Lipinski definition) is 1. The first kappa shape index (κ1) is 28.5. The number of nitrogens with zero attached hydrogens (tertiary/aromatic N) is 2. The van der Waals surface area contributed by atoms with Crippen LogP contribution >= 0.6 is 23.2 Å². The van der Waals surface area contributed by atoms with Gasteiger partial charge in [0.25, 0.3) is 0 Å². The fraction of sp³-hybridized carbons (Fsp3) is 0.259. The Labute approximate surface area is 228 Å². The van der Waals surface area contributed by atoms with Crippen molar-refractivity contribution >= 4 is 50.7 Å². The maximum atomic E-state index is 13.9. The standard InChI is InChI=1S/C27H29Cl2N3O4S/c1-3-30-27(34)25(16-20-10-6-4-7-11-20)31(18-21-12-8-5-9-13-21)26(33)19-32(37(2,35)36)22-14-15-23(28)24(29)17-22/h4-15,17,25H,3,16,18-19H2,1-2H3,(H,30,34)/t25-/m0/s1. The zero-order valence-corrected chi connectivity index (χ0v) is 22.9. The molecule has 2 amide bonds. The van der Waals surface area contributed by atoms with Crippen molar-refractivity contribution < 1.29 is 18.0 Å². The van der Waals surface area contributed by atoms with Crippen LogP contribution in [0, 0.1) is 0 Å². The number of likely N-dealkylation sites (N-methyl/N-ethyl adjacent to an activating group) is 1. The highest BCUT2D eigenvalue weighted by atomic mass is 35.5. The molecule has 3 aromatic carbocycles. The monoisotopic (exact) mass is 561 g/mol. The van der Waals surface area contributed by atoms with Gasteiger partial charge < -0.3 is 10.2 Å². The molecule has 3 rings (SSSR count). The predicted molar refractivity (Wildman–Crippen MR) is 148 cm³/mol. The minimum Gasteiger partial charge on any atom is -0.355 e. The van der Waals surface area contributed by atoms with Crippen LogP contribution in [-0.2, 0) is 32.6 Å². The van der Waals surface area contributed by atoms with Crippen LogP contribution in [0.4, 0.5) is 5.69 Å². The van der Waals surface area contributed by atoms with Gasteiger partial charge in [0.1, 0.15) is 12.6 Å². The normalized spacial score (nSPS) is 12.0. The Morgan fingerprint density at radius 2 is 1.49 bits per heavy atom. The third-order valence-corrected chi connectivity index (χ3v) is 7.57. The lowest BCUT2D eigenvalue weighted by atomic mass is 10.0. The summed E-state index contributed by atoms with van der Waals surface area (Å²) in [6, 6.07) is 22.1. The second-order valence-corrected chi connectivity index (χ2v) is 11.2. The number of sulfonamides is 1. The van der Waals surface area contributed by atoms with E-state index in [0.29, 0.717) is 6.54 Å². The molecule has 0 aliphatic carbocycles. The van der Waals surface area contributed by atoms with Crippen LogP contribution in [0.1, 0.15) is 18.1 Å². The molecule has 0 heterocycles. The number of amides is 2. The van der Waals surface area contributed by atoms with Gasteiger partial charge in [-0.3, -0.25) is 13.9 Å². The zero-order valence-electron chi connectivity index (χ0n) is 20.6. The molecule has 10 heteroatoms. The molecular weight excluding hydrogens is 533 g/mol. The molecule has 0 unspecified atom stereocenters. The summed E-state index contributed by atoms with van der Waals surface area (Å²) in [6.45, 7) is 1.79. The number of halogens is 2. The molecule has 196 valence electrons. The molecule has 0 fully saturated rings.